The van der Waals surface area contributed by atoms with Gasteiger partial charge in [0.05, 0.1) is 27.9 Å². The second-order valence-electron chi connectivity index (χ2n) is 7.68. The summed E-state index contributed by atoms with van der Waals surface area (Å²) in [4.78, 5) is 19.9. The number of hydrogen-bond donors (Lipinski definition) is 1. The molecule has 0 spiro atoms. The summed E-state index contributed by atoms with van der Waals surface area (Å²) in [7, 11) is 0. The summed E-state index contributed by atoms with van der Waals surface area (Å²) in [5.41, 5.74) is 4.81. The molecule has 6 heteroatoms. The molecule has 2 aromatic heterocycles. The molecule has 1 N–H and O–H groups in total. The van der Waals surface area contributed by atoms with Crippen molar-refractivity contribution in [3.05, 3.63) is 112 Å². The van der Waals surface area contributed by atoms with E-state index in [0.717, 1.165) is 28.1 Å². The molecule has 0 radical (unpaired) electrons. The zero-order valence-corrected chi connectivity index (χ0v) is 17.9. The first-order valence-electron chi connectivity index (χ1n) is 10.5. The van der Waals surface area contributed by atoms with Crippen LogP contribution in [-0.4, -0.2) is 19.7 Å². The lowest BCUT2D eigenvalue weighted by Crippen LogP contribution is -2.11. The van der Waals surface area contributed by atoms with E-state index in [9.17, 15) is 10.1 Å². The highest BCUT2D eigenvalue weighted by molar-refractivity contribution is 5.91. The van der Waals surface area contributed by atoms with Crippen LogP contribution >= 0.6 is 0 Å². The van der Waals surface area contributed by atoms with E-state index in [1.807, 2.05) is 85.9 Å². The Morgan fingerprint density at radius 2 is 1.76 bits per heavy atom. The molecule has 33 heavy (non-hydrogen) atoms. The smallest absolute Gasteiger partial charge is 0.259 e. The van der Waals surface area contributed by atoms with E-state index < -0.39 is 0 Å². The quantitative estimate of drug-likeness (QED) is 0.400. The van der Waals surface area contributed by atoms with Crippen molar-refractivity contribution in [2.45, 2.75) is 6.92 Å². The van der Waals surface area contributed by atoms with Gasteiger partial charge in [0.2, 0.25) is 0 Å². The topological polar surface area (TPSA) is 87.4 Å². The number of benzene rings is 3. The lowest BCUT2D eigenvalue weighted by molar-refractivity contribution is 0.884. The van der Waals surface area contributed by atoms with E-state index in [2.05, 4.69) is 16.0 Å². The maximum absolute atomic E-state index is 12.6. The van der Waals surface area contributed by atoms with Crippen LogP contribution in [0.1, 0.15) is 17.0 Å². The van der Waals surface area contributed by atoms with Crippen LogP contribution in [0.25, 0.3) is 39.5 Å². The number of aromatic amines is 1. The average Bonchev–Trinajstić information content (AvgIpc) is 3.27. The third-order valence-corrected chi connectivity index (χ3v) is 5.35. The number of rotatable bonds is 4. The predicted molar refractivity (Wildman–Crippen MR) is 130 cm³/mol. The monoisotopic (exact) mass is 429 g/mol. The Kier molecular flexibility index (Phi) is 5.13. The zero-order chi connectivity index (χ0) is 22.8. The fraction of sp³-hybridized carbons (Fsp3) is 0.0370. The number of nitriles is 1. The summed E-state index contributed by atoms with van der Waals surface area (Å²) >= 11 is 0. The molecule has 0 unspecified atom stereocenters. The summed E-state index contributed by atoms with van der Waals surface area (Å²) < 4.78 is 1.78. The number of nitrogens with zero attached hydrogens (tertiary/aromatic N) is 4. The summed E-state index contributed by atoms with van der Waals surface area (Å²) in [5, 5.41) is 15.2. The first kappa shape index (κ1) is 20.2. The van der Waals surface area contributed by atoms with Gasteiger partial charge in [-0.3, -0.25) is 4.79 Å². The molecule has 0 amide bonds. The Balaban J connectivity index is 1.69. The highest BCUT2D eigenvalue weighted by atomic mass is 16.1. The Bertz CT molecular complexity index is 1590. The molecule has 0 bridgehead atoms. The van der Waals surface area contributed by atoms with Crippen LogP contribution < -0.4 is 5.56 Å². The van der Waals surface area contributed by atoms with Gasteiger partial charge >= 0.3 is 0 Å². The average molecular weight is 429 g/mol. The molecule has 5 rings (SSSR count). The van der Waals surface area contributed by atoms with Crippen molar-refractivity contribution in [2.24, 2.45) is 0 Å². The summed E-state index contributed by atoms with van der Waals surface area (Å²) in [6, 6.07) is 27.2. The molecular formula is C27H19N5O. The summed E-state index contributed by atoms with van der Waals surface area (Å²) in [6.45, 7) is 1.94. The zero-order valence-electron chi connectivity index (χ0n) is 17.9. The minimum atomic E-state index is -0.278. The van der Waals surface area contributed by atoms with E-state index in [-0.39, 0.29) is 17.0 Å². The second kappa shape index (κ2) is 8.40. The molecular weight excluding hydrogens is 410 g/mol. The first-order chi connectivity index (χ1) is 16.1. The van der Waals surface area contributed by atoms with Crippen LogP contribution in [-0.2, 0) is 0 Å². The second-order valence-corrected chi connectivity index (χ2v) is 7.68. The molecule has 3 aromatic carbocycles. The number of allylic oxidation sites excluding steroid dienone is 1. The molecule has 0 aliphatic rings. The van der Waals surface area contributed by atoms with Crippen LogP contribution in [0.15, 0.2) is 89.9 Å². The number of nitrogens with one attached hydrogen (secondary N) is 1. The molecule has 6 nitrogen and oxygen atoms in total. The van der Waals surface area contributed by atoms with Gasteiger partial charge < -0.3 is 4.98 Å². The normalized spacial score (nSPS) is 11.5. The third-order valence-electron chi connectivity index (χ3n) is 5.35. The standard InChI is InChI=1S/C27H19N5O/c1-18-12-13-23-24(14-18)29-26(30-27(23)33)20(16-28)15-21-17-32(22-10-6-3-7-11-22)31-25(21)19-8-4-2-5-9-19/h2-15,17H,1H3,(H,29,30,33). The molecule has 0 atom stereocenters. The molecule has 2 heterocycles. The van der Waals surface area contributed by atoms with E-state index in [1.54, 1.807) is 16.8 Å². The molecule has 0 saturated carbocycles. The fourth-order valence-electron chi connectivity index (χ4n) is 3.71. The van der Waals surface area contributed by atoms with Crippen LogP contribution in [0, 0.1) is 18.3 Å². The number of aryl methyl sites for hydroxylation is 1. The first-order valence-corrected chi connectivity index (χ1v) is 10.5. The molecule has 0 aliphatic carbocycles. The van der Waals surface area contributed by atoms with Crippen LogP contribution in [0.4, 0.5) is 0 Å². The minimum Gasteiger partial charge on any atom is -0.305 e. The van der Waals surface area contributed by atoms with Crippen molar-refractivity contribution in [3.8, 4) is 23.0 Å². The molecule has 0 saturated heterocycles. The van der Waals surface area contributed by atoms with E-state index in [4.69, 9.17) is 5.10 Å². The highest BCUT2D eigenvalue weighted by Gasteiger charge is 2.14. The fourth-order valence-corrected chi connectivity index (χ4v) is 3.71. The Morgan fingerprint density at radius 1 is 1.03 bits per heavy atom. The van der Waals surface area contributed by atoms with Crippen LogP contribution in [0.5, 0.6) is 0 Å². The van der Waals surface area contributed by atoms with Crippen molar-refractivity contribution < 1.29 is 0 Å². The maximum Gasteiger partial charge on any atom is 0.259 e. The number of para-hydroxylation sites is 1. The number of H-pyrrole nitrogens is 1. The Hall–Kier alpha value is -4.76. The van der Waals surface area contributed by atoms with Gasteiger partial charge in [-0.2, -0.15) is 10.4 Å². The molecule has 0 aliphatic heterocycles. The third kappa shape index (κ3) is 3.95. The van der Waals surface area contributed by atoms with E-state index in [1.165, 1.54) is 0 Å². The largest absolute Gasteiger partial charge is 0.305 e. The minimum absolute atomic E-state index is 0.229. The summed E-state index contributed by atoms with van der Waals surface area (Å²) in [5.74, 6) is 0.229. The van der Waals surface area contributed by atoms with Gasteiger partial charge in [0, 0.05) is 17.3 Å². The molecule has 0 fully saturated rings. The van der Waals surface area contributed by atoms with Crippen molar-refractivity contribution in [3.63, 3.8) is 0 Å². The van der Waals surface area contributed by atoms with E-state index in [0.29, 0.717) is 10.9 Å². The van der Waals surface area contributed by atoms with Crippen LogP contribution in [0.2, 0.25) is 0 Å². The number of fused-ring (bicyclic) bond motifs is 1. The van der Waals surface area contributed by atoms with Gasteiger partial charge in [-0.25, -0.2) is 9.67 Å². The van der Waals surface area contributed by atoms with Gasteiger partial charge in [0.1, 0.15) is 6.07 Å². The van der Waals surface area contributed by atoms with Crippen LogP contribution in [0.3, 0.4) is 0 Å². The summed E-state index contributed by atoms with van der Waals surface area (Å²) in [6.07, 6.45) is 3.59. The van der Waals surface area contributed by atoms with Crippen molar-refractivity contribution in [2.75, 3.05) is 0 Å². The van der Waals surface area contributed by atoms with Gasteiger partial charge in [0.25, 0.3) is 5.56 Å². The Labute approximate surface area is 190 Å². The maximum atomic E-state index is 12.6. The van der Waals surface area contributed by atoms with Crippen molar-refractivity contribution in [1.29, 1.82) is 5.26 Å². The lowest BCUT2D eigenvalue weighted by atomic mass is 10.1. The predicted octanol–water partition coefficient (Wildman–Crippen LogP) is 5.15. The van der Waals surface area contributed by atoms with Gasteiger partial charge in [-0.15, -0.1) is 0 Å². The van der Waals surface area contributed by atoms with Gasteiger partial charge in [0.15, 0.2) is 5.82 Å². The SMILES string of the molecule is Cc1ccc2c(=O)[nH]c(C(C#N)=Cc3cn(-c4ccccc4)nc3-c3ccccc3)nc2c1. The molecule has 158 valence electrons. The lowest BCUT2D eigenvalue weighted by Gasteiger charge is -2.03. The highest BCUT2D eigenvalue weighted by Crippen LogP contribution is 2.27. The van der Waals surface area contributed by atoms with Gasteiger partial charge in [-0.05, 0) is 42.8 Å². The Morgan fingerprint density at radius 3 is 2.48 bits per heavy atom. The van der Waals surface area contributed by atoms with E-state index >= 15 is 0 Å². The molecule has 5 aromatic rings. The van der Waals surface area contributed by atoms with Gasteiger partial charge in [-0.1, -0.05) is 54.6 Å². The van der Waals surface area contributed by atoms with Crippen molar-refractivity contribution in [1.82, 2.24) is 19.7 Å². The number of aromatic nitrogens is 4. The van der Waals surface area contributed by atoms with Crippen molar-refractivity contribution >= 4 is 22.6 Å². The number of hydrogen-bond acceptors (Lipinski definition) is 4.